The van der Waals surface area contributed by atoms with E-state index in [2.05, 4.69) is 54.5 Å². The van der Waals surface area contributed by atoms with E-state index in [9.17, 15) is 9.00 Å². The van der Waals surface area contributed by atoms with E-state index in [4.69, 9.17) is 0 Å². The van der Waals surface area contributed by atoms with Crippen LogP contribution in [0.1, 0.15) is 43.7 Å². The van der Waals surface area contributed by atoms with Crippen LogP contribution in [0, 0.1) is 34.6 Å². The van der Waals surface area contributed by atoms with E-state index in [1.807, 2.05) is 67.7 Å². The minimum Gasteiger partial charge on any atom is -0.348 e. The summed E-state index contributed by atoms with van der Waals surface area (Å²) in [6.07, 6.45) is 3.59. The minimum atomic E-state index is -1.03. The Morgan fingerprint density at radius 2 is 1.57 bits per heavy atom. The van der Waals surface area contributed by atoms with Crippen LogP contribution in [-0.2, 0) is 17.3 Å². The molecule has 0 aliphatic heterocycles. The van der Waals surface area contributed by atoms with Crippen molar-refractivity contribution in [2.24, 2.45) is 0 Å². The predicted molar refractivity (Wildman–Crippen MR) is 162 cm³/mol. The van der Waals surface area contributed by atoms with Crippen LogP contribution >= 0.6 is 0 Å². The maximum absolute atomic E-state index is 12.9. The largest absolute Gasteiger partial charge is 0.348 e. The summed E-state index contributed by atoms with van der Waals surface area (Å²) in [5.41, 5.74) is 11.3. The number of hydrogen-bond acceptors (Lipinski definition) is 5. The van der Waals surface area contributed by atoms with Gasteiger partial charge in [-0.3, -0.25) is 9.00 Å². The van der Waals surface area contributed by atoms with Crippen molar-refractivity contribution in [2.45, 2.75) is 46.1 Å². The third-order valence-corrected chi connectivity index (χ3v) is 8.53. The van der Waals surface area contributed by atoms with Crippen molar-refractivity contribution in [3.8, 4) is 11.1 Å². The number of hydrogen-bond donors (Lipinski definition) is 2. The first-order valence-electron chi connectivity index (χ1n) is 13.1. The Labute approximate surface area is 237 Å². The number of benzene rings is 3. The van der Waals surface area contributed by atoms with Crippen molar-refractivity contribution >= 4 is 34.0 Å². The number of aromatic nitrogens is 3. The van der Waals surface area contributed by atoms with Gasteiger partial charge in [-0.25, -0.2) is 4.52 Å². The van der Waals surface area contributed by atoms with Crippen LogP contribution in [0.15, 0.2) is 71.8 Å². The SMILES string of the molecule is Cc1cc(S(C)=O)ccc1Nc1nc2ccc(-c3ccc(C(=O)NCc4cc(C)c(C)c(C)c4C)cc3)cn2n1. The van der Waals surface area contributed by atoms with Crippen molar-refractivity contribution in [1.82, 2.24) is 19.9 Å². The van der Waals surface area contributed by atoms with Crippen molar-refractivity contribution < 1.29 is 9.00 Å². The quantitative estimate of drug-likeness (QED) is 0.246. The van der Waals surface area contributed by atoms with Gasteiger partial charge in [0.25, 0.3) is 5.91 Å². The van der Waals surface area contributed by atoms with E-state index in [0.29, 0.717) is 23.7 Å². The number of pyridine rings is 1. The molecule has 8 heteroatoms. The molecule has 0 radical (unpaired) electrons. The fourth-order valence-corrected chi connectivity index (χ4v) is 5.36. The van der Waals surface area contributed by atoms with E-state index < -0.39 is 10.8 Å². The first-order valence-corrected chi connectivity index (χ1v) is 14.7. The maximum atomic E-state index is 12.9. The lowest BCUT2D eigenvalue weighted by molar-refractivity contribution is 0.0951. The Bertz CT molecular complexity index is 1770. The highest BCUT2D eigenvalue weighted by Crippen LogP contribution is 2.24. The average molecular weight is 552 g/mol. The average Bonchev–Trinajstić information content (AvgIpc) is 3.35. The van der Waals surface area contributed by atoms with Gasteiger partial charge in [0.15, 0.2) is 5.65 Å². The molecular weight excluding hydrogens is 518 g/mol. The molecule has 204 valence electrons. The summed E-state index contributed by atoms with van der Waals surface area (Å²) in [5, 5.41) is 10.9. The monoisotopic (exact) mass is 551 g/mol. The minimum absolute atomic E-state index is 0.0993. The molecule has 1 atom stereocenters. The van der Waals surface area contributed by atoms with Gasteiger partial charge in [-0.15, -0.1) is 5.10 Å². The Balaban J connectivity index is 1.28. The highest BCUT2D eigenvalue weighted by molar-refractivity contribution is 7.84. The van der Waals surface area contributed by atoms with Crippen LogP contribution in [0.4, 0.5) is 11.6 Å². The highest BCUT2D eigenvalue weighted by atomic mass is 32.2. The topological polar surface area (TPSA) is 88.4 Å². The van der Waals surface area contributed by atoms with E-state index >= 15 is 0 Å². The molecule has 0 aliphatic carbocycles. The molecule has 2 aromatic heterocycles. The fourth-order valence-electron chi connectivity index (χ4n) is 4.75. The molecule has 0 saturated carbocycles. The molecule has 1 unspecified atom stereocenters. The normalized spacial score (nSPS) is 11.9. The molecule has 2 N–H and O–H groups in total. The van der Waals surface area contributed by atoms with Gasteiger partial charge >= 0.3 is 0 Å². The maximum Gasteiger partial charge on any atom is 0.251 e. The van der Waals surface area contributed by atoms with Crippen molar-refractivity contribution in [3.63, 3.8) is 0 Å². The number of aryl methyl sites for hydroxylation is 2. The smallest absolute Gasteiger partial charge is 0.251 e. The fraction of sp³-hybridized carbons (Fsp3) is 0.219. The van der Waals surface area contributed by atoms with Crippen LogP contribution in [0.2, 0.25) is 0 Å². The molecule has 1 amide bonds. The third-order valence-electron chi connectivity index (χ3n) is 7.62. The Hall–Kier alpha value is -4.30. The van der Waals surface area contributed by atoms with E-state index in [-0.39, 0.29) is 5.91 Å². The lowest BCUT2D eigenvalue weighted by atomic mass is 9.94. The lowest BCUT2D eigenvalue weighted by Gasteiger charge is -2.15. The summed E-state index contributed by atoms with van der Waals surface area (Å²) < 4.78 is 13.5. The van der Waals surface area contributed by atoms with Crippen molar-refractivity contribution in [1.29, 1.82) is 0 Å². The first-order chi connectivity index (χ1) is 19.1. The Kier molecular flexibility index (Phi) is 7.54. The molecule has 2 heterocycles. The molecular formula is C32H33N5O2S. The number of amides is 1. The van der Waals surface area contributed by atoms with Gasteiger partial charge < -0.3 is 10.6 Å². The molecule has 5 rings (SSSR count). The lowest BCUT2D eigenvalue weighted by Crippen LogP contribution is -2.23. The second kappa shape index (κ2) is 11.1. The van der Waals surface area contributed by atoms with Gasteiger partial charge in [0.1, 0.15) is 0 Å². The van der Waals surface area contributed by atoms with E-state index in [1.165, 1.54) is 22.3 Å². The van der Waals surface area contributed by atoms with Crippen molar-refractivity contribution in [2.75, 3.05) is 11.6 Å². The van der Waals surface area contributed by atoms with Crippen LogP contribution < -0.4 is 10.6 Å². The van der Waals surface area contributed by atoms with Crippen molar-refractivity contribution in [3.05, 3.63) is 106 Å². The van der Waals surface area contributed by atoms with Gasteiger partial charge in [-0.2, -0.15) is 4.98 Å². The second-order valence-corrected chi connectivity index (χ2v) is 11.6. The first kappa shape index (κ1) is 27.3. The molecule has 5 aromatic rings. The number of nitrogens with zero attached hydrogens (tertiary/aromatic N) is 3. The van der Waals surface area contributed by atoms with Gasteiger partial charge in [0.2, 0.25) is 5.95 Å². The molecule has 0 aliphatic rings. The summed E-state index contributed by atoms with van der Waals surface area (Å²) in [6, 6.07) is 19.3. The summed E-state index contributed by atoms with van der Waals surface area (Å²) in [4.78, 5) is 18.2. The zero-order chi connectivity index (χ0) is 28.6. The number of carbonyl (C=O) groups is 1. The molecule has 0 saturated heterocycles. The van der Waals surface area contributed by atoms with Crippen LogP contribution in [0.3, 0.4) is 0 Å². The molecule has 7 nitrogen and oxygen atoms in total. The Morgan fingerprint density at radius 1 is 0.850 bits per heavy atom. The van der Waals surface area contributed by atoms with Gasteiger partial charge in [0, 0.05) is 51.5 Å². The molecule has 40 heavy (non-hydrogen) atoms. The molecule has 0 spiro atoms. The summed E-state index contributed by atoms with van der Waals surface area (Å²) in [6.45, 7) is 10.9. The van der Waals surface area contributed by atoms with Crippen LogP contribution in [0.5, 0.6) is 0 Å². The summed E-state index contributed by atoms with van der Waals surface area (Å²) >= 11 is 0. The van der Waals surface area contributed by atoms with Crippen LogP contribution in [-0.4, -0.2) is 31.0 Å². The number of anilines is 2. The zero-order valence-corrected chi connectivity index (χ0v) is 24.4. The molecule has 3 aromatic carbocycles. The number of carbonyl (C=O) groups excluding carboxylic acids is 1. The van der Waals surface area contributed by atoms with Gasteiger partial charge in [0.05, 0.1) is 0 Å². The van der Waals surface area contributed by atoms with E-state index in [0.717, 1.165) is 32.8 Å². The standard InChI is InChI=1S/C32H33N5O2S/c1-19-15-27(23(5)22(4)21(19)3)17-33-31(38)25-9-7-24(8-10-25)26-11-14-30-35-32(36-37(30)18-26)34-29-13-12-28(40(6)39)16-20(29)2/h7-16,18H,17H2,1-6H3,(H,33,38)(H,34,36). The number of nitrogens with one attached hydrogen (secondary N) is 2. The van der Waals surface area contributed by atoms with Gasteiger partial charge in [-0.05, 0) is 116 Å². The highest BCUT2D eigenvalue weighted by Gasteiger charge is 2.12. The zero-order valence-electron chi connectivity index (χ0n) is 23.6. The Morgan fingerprint density at radius 3 is 2.27 bits per heavy atom. The summed E-state index contributed by atoms with van der Waals surface area (Å²) in [5.74, 6) is 0.379. The summed E-state index contributed by atoms with van der Waals surface area (Å²) in [7, 11) is -1.03. The molecule has 0 bridgehead atoms. The number of fused-ring (bicyclic) bond motifs is 1. The van der Waals surface area contributed by atoms with E-state index in [1.54, 1.807) is 10.8 Å². The second-order valence-electron chi connectivity index (χ2n) is 10.2. The van der Waals surface area contributed by atoms with Crippen LogP contribution in [0.25, 0.3) is 16.8 Å². The van der Waals surface area contributed by atoms with Gasteiger partial charge in [-0.1, -0.05) is 18.2 Å². The predicted octanol–water partition coefficient (Wildman–Crippen LogP) is 6.35. The third kappa shape index (κ3) is 5.53. The number of rotatable bonds is 7. The molecule has 0 fully saturated rings.